The van der Waals surface area contributed by atoms with E-state index < -0.39 is 5.97 Å². The molecule has 76 valence electrons. The first kappa shape index (κ1) is 9.50. The van der Waals surface area contributed by atoms with Crippen molar-refractivity contribution in [1.29, 1.82) is 0 Å². The smallest absolute Gasteiger partial charge is 0.307 e. The second kappa shape index (κ2) is 3.26. The van der Waals surface area contributed by atoms with Crippen molar-refractivity contribution in [2.24, 2.45) is 23.7 Å². The van der Waals surface area contributed by atoms with Crippen molar-refractivity contribution in [3.63, 3.8) is 0 Å². The SMILES string of the molecule is C=C(CC)[C@@H]1[C@H](C(=O)O)[C@@H]2C=C[C@H]1C2. The molecule has 1 N–H and O–H groups in total. The van der Waals surface area contributed by atoms with Crippen LogP contribution in [0.15, 0.2) is 24.3 Å². The topological polar surface area (TPSA) is 37.3 Å². The van der Waals surface area contributed by atoms with Gasteiger partial charge in [-0.1, -0.05) is 31.2 Å². The molecule has 0 radical (unpaired) electrons. The molecule has 4 atom stereocenters. The van der Waals surface area contributed by atoms with E-state index >= 15 is 0 Å². The number of aliphatic carboxylic acids is 1. The van der Waals surface area contributed by atoms with Gasteiger partial charge in [0, 0.05) is 0 Å². The highest BCUT2D eigenvalue weighted by Crippen LogP contribution is 2.51. The summed E-state index contributed by atoms with van der Waals surface area (Å²) in [5.41, 5.74) is 1.11. The molecule has 0 aromatic carbocycles. The quantitative estimate of drug-likeness (QED) is 0.697. The van der Waals surface area contributed by atoms with Crippen LogP contribution in [0.4, 0.5) is 0 Å². The Morgan fingerprint density at radius 3 is 2.50 bits per heavy atom. The number of hydrogen-bond acceptors (Lipinski definition) is 1. The monoisotopic (exact) mass is 192 g/mol. The van der Waals surface area contributed by atoms with Gasteiger partial charge in [0.05, 0.1) is 5.92 Å². The molecule has 0 aliphatic heterocycles. The van der Waals surface area contributed by atoms with Crippen molar-refractivity contribution in [3.8, 4) is 0 Å². The van der Waals surface area contributed by atoms with E-state index in [9.17, 15) is 9.90 Å². The third kappa shape index (κ3) is 1.21. The van der Waals surface area contributed by atoms with E-state index in [2.05, 4.69) is 25.7 Å². The van der Waals surface area contributed by atoms with Crippen LogP contribution in [0.3, 0.4) is 0 Å². The summed E-state index contributed by atoms with van der Waals surface area (Å²) in [6.07, 6.45) is 6.16. The Bertz CT molecular complexity index is 303. The summed E-state index contributed by atoms with van der Waals surface area (Å²) in [5.74, 6) is 0.0192. The summed E-state index contributed by atoms with van der Waals surface area (Å²) in [7, 11) is 0. The summed E-state index contributed by atoms with van der Waals surface area (Å²) in [6.45, 7) is 6.06. The van der Waals surface area contributed by atoms with Crippen molar-refractivity contribution in [3.05, 3.63) is 24.3 Å². The van der Waals surface area contributed by atoms with Gasteiger partial charge in [-0.3, -0.25) is 4.79 Å². The zero-order valence-electron chi connectivity index (χ0n) is 8.44. The van der Waals surface area contributed by atoms with Crippen LogP contribution in [0.1, 0.15) is 19.8 Å². The highest BCUT2D eigenvalue weighted by atomic mass is 16.4. The predicted molar refractivity (Wildman–Crippen MR) is 54.8 cm³/mol. The molecule has 0 unspecified atom stereocenters. The second-order valence-corrected chi connectivity index (χ2v) is 4.35. The Balaban J connectivity index is 2.26. The van der Waals surface area contributed by atoms with Gasteiger partial charge in [0.1, 0.15) is 0 Å². The number of allylic oxidation sites excluding steroid dienone is 3. The molecule has 2 rings (SSSR count). The van der Waals surface area contributed by atoms with Gasteiger partial charge in [0.15, 0.2) is 0 Å². The molecule has 1 fully saturated rings. The fourth-order valence-electron chi connectivity index (χ4n) is 2.95. The van der Waals surface area contributed by atoms with Crippen LogP contribution in [-0.4, -0.2) is 11.1 Å². The molecule has 0 aromatic rings. The molecule has 0 aromatic heterocycles. The summed E-state index contributed by atoms with van der Waals surface area (Å²) in [6, 6.07) is 0. The third-order valence-electron chi connectivity index (χ3n) is 3.67. The Hall–Kier alpha value is -1.05. The van der Waals surface area contributed by atoms with E-state index in [4.69, 9.17) is 0 Å². The third-order valence-corrected chi connectivity index (χ3v) is 3.67. The Labute approximate surface area is 84.3 Å². The molecule has 0 amide bonds. The summed E-state index contributed by atoms with van der Waals surface area (Å²) >= 11 is 0. The molecular weight excluding hydrogens is 176 g/mol. The molecule has 14 heavy (non-hydrogen) atoms. The standard InChI is InChI=1S/C12H16O2/c1-3-7(2)10-8-4-5-9(6-8)11(10)12(13)14/h4-5,8-11H,2-3,6H2,1H3,(H,13,14)/t8-,9+,10-,11+/m0/s1. The lowest BCUT2D eigenvalue weighted by Crippen LogP contribution is -2.28. The number of hydrogen-bond donors (Lipinski definition) is 1. The Morgan fingerprint density at radius 2 is 2.00 bits per heavy atom. The van der Waals surface area contributed by atoms with Gasteiger partial charge in [-0.05, 0) is 30.6 Å². The van der Waals surface area contributed by atoms with E-state index in [1.807, 2.05) is 0 Å². The van der Waals surface area contributed by atoms with Gasteiger partial charge in [-0.25, -0.2) is 0 Å². The van der Waals surface area contributed by atoms with Crippen molar-refractivity contribution < 1.29 is 9.90 Å². The summed E-state index contributed by atoms with van der Waals surface area (Å²) in [4.78, 5) is 11.1. The largest absolute Gasteiger partial charge is 0.481 e. The van der Waals surface area contributed by atoms with Gasteiger partial charge >= 0.3 is 5.97 Å². The molecule has 2 bridgehead atoms. The highest BCUT2D eigenvalue weighted by Gasteiger charge is 2.48. The van der Waals surface area contributed by atoms with Gasteiger partial charge in [-0.15, -0.1) is 0 Å². The highest BCUT2D eigenvalue weighted by molar-refractivity contribution is 5.73. The first-order chi connectivity index (χ1) is 6.65. The summed E-state index contributed by atoms with van der Waals surface area (Å²) in [5, 5.41) is 9.18. The zero-order valence-corrected chi connectivity index (χ0v) is 8.44. The van der Waals surface area contributed by atoms with Crippen LogP contribution < -0.4 is 0 Å². The average molecular weight is 192 g/mol. The fourth-order valence-corrected chi connectivity index (χ4v) is 2.95. The first-order valence-electron chi connectivity index (χ1n) is 5.24. The first-order valence-corrected chi connectivity index (χ1v) is 5.24. The molecule has 2 aliphatic rings. The molecule has 0 spiro atoms. The second-order valence-electron chi connectivity index (χ2n) is 4.35. The van der Waals surface area contributed by atoms with Crippen molar-refractivity contribution in [2.45, 2.75) is 19.8 Å². The molecular formula is C12H16O2. The maximum absolute atomic E-state index is 11.1. The van der Waals surface area contributed by atoms with Crippen LogP contribution in [0.25, 0.3) is 0 Å². The van der Waals surface area contributed by atoms with Gasteiger partial charge in [-0.2, -0.15) is 0 Å². The Kier molecular flexibility index (Phi) is 2.22. The van der Waals surface area contributed by atoms with E-state index in [-0.39, 0.29) is 17.8 Å². The number of carbonyl (C=O) groups is 1. The minimum absolute atomic E-state index is 0.187. The lowest BCUT2D eigenvalue weighted by atomic mass is 9.78. The number of carboxylic acid groups (broad SMARTS) is 1. The van der Waals surface area contributed by atoms with Gasteiger partial charge in [0.2, 0.25) is 0 Å². The maximum Gasteiger partial charge on any atom is 0.307 e. The van der Waals surface area contributed by atoms with Crippen molar-refractivity contribution >= 4 is 5.97 Å². The minimum atomic E-state index is -0.651. The summed E-state index contributed by atoms with van der Waals surface area (Å²) < 4.78 is 0. The van der Waals surface area contributed by atoms with Gasteiger partial charge < -0.3 is 5.11 Å². The van der Waals surface area contributed by atoms with E-state index in [0.717, 1.165) is 18.4 Å². The van der Waals surface area contributed by atoms with Crippen LogP contribution in [0, 0.1) is 23.7 Å². The van der Waals surface area contributed by atoms with Gasteiger partial charge in [0.25, 0.3) is 0 Å². The van der Waals surface area contributed by atoms with Crippen LogP contribution in [0.2, 0.25) is 0 Å². The predicted octanol–water partition coefficient (Wildman–Crippen LogP) is 2.48. The van der Waals surface area contributed by atoms with E-state index in [0.29, 0.717) is 5.92 Å². The normalized spacial score (nSPS) is 38.9. The number of rotatable bonds is 3. The molecule has 2 aliphatic carbocycles. The molecule has 0 heterocycles. The van der Waals surface area contributed by atoms with Crippen LogP contribution in [-0.2, 0) is 4.79 Å². The van der Waals surface area contributed by atoms with Crippen molar-refractivity contribution in [1.82, 2.24) is 0 Å². The van der Waals surface area contributed by atoms with E-state index in [1.54, 1.807) is 0 Å². The van der Waals surface area contributed by atoms with Crippen LogP contribution in [0.5, 0.6) is 0 Å². The molecule has 1 saturated carbocycles. The maximum atomic E-state index is 11.1. The molecule has 0 saturated heterocycles. The average Bonchev–Trinajstić information content (AvgIpc) is 2.74. The van der Waals surface area contributed by atoms with Crippen LogP contribution >= 0.6 is 0 Å². The Morgan fingerprint density at radius 1 is 1.43 bits per heavy atom. The van der Waals surface area contributed by atoms with Crippen molar-refractivity contribution in [2.75, 3.05) is 0 Å². The molecule has 2 heteroatoms. The number of carboxylic acids is 1. The number of fused-ring (bicyclic) bond motifs is 2. The zero-order chi connectivity index (χ0) is 10.3. The van der Waals surface area contributed by atoms with E-state index in [1.165, 1.54) is 0 Å². The lowest BCUT2D eigenvalue weighted by molar-refractivity contribution is -0.143. The lowest BCUT2D eigenvalue weighted by Gasteiger charge is -2.26. The minimum Gasteiger partial charge on any atom is -0.481 e. The molecule has 2 nitrogen and oxygen atoms in total. The fraction of sp³-hybridized carbons (Fsp3) is 0.583.